The van der Waals surface area contributed by atoms with Gasteiger partial charge >= 0.3 is 0 Å². The number of thiazole rings is 1. The lowest BCUT2D eigenvalue weighted by atomic mass is 10.3. The summed E-state index contributed by atoms with van der Waals surface area (Å²) < 4.78 is 5.41. The first-order chi connectivity index (χ1) is 7.31. The van der Waals surface area contributed by atoms with Crippen LogP contribution in [0.4, 0.5) is 5.13 Å². The zero-order chi connectivity index (χ0) is 10.7. The van der Waals surface area contributed by atoms with Gasteiger partial charge in [0.2, 0.25) is 0 Å². The maximum atomic E-state index is 5.41. The standard InChI is InChI=1S/C10H17N3OS/c1-8-6-14-4-3-13(8)10-12-9(5-11-2)7-15-10/h7-8,11H,3-6H2,1-2H3. The molecule has 0 saturated carbocycles. The lowest BCUT2D eigenvalue weighted by Gasteiger charge is -2.32. The van der Waals surface area contributed by atoms with Crippen LogP contribution in [0.25, 0.3) is 0 Å². The minimum Gasteiger partial charge on any atom is -0.377 e. The van der Waals surface area contributed by atoms with Crippen LogP contribution in [0.15, 0.2) is 5.38 Å². The molecule has 4 nitrogen and oxygen atoms in total. The van der Waals surface area contributed by atoms with E-state index in [1.165, 1.54) is 0 Å². The molecule has 1 saturated heterocycles. The van der Waals surface area contributed by atoms with E-state index in [1.807, 2.05) is 7.05 Å². The first kappa shape index (κ1) is 10.9. The smallest absolute Gasteiger partial charge is 0.185 e. The maximum Gasteiger partial charge on any atom is 0.185 e. The summed E-state index contributed by atoms with van der Waals surface area (Å²) in [5.41, 5.74) is 1.12. The number of nitrogens with one attached hydrogen (secondary N) is 1. The maximum absolute atomic E-state index is 5.41. The van der Waals surface area contributed by atoms with E-state index in [-0.39, 0.29) is 0 Å². The molecule has 0 radical (unpaired) electrons. The normalized spacial score (nSPS) is 22.0. The van der Waals surface area contributed by atoms with Gasteiger partial charge in [-0.1, -0.05) is 0 Å². The Morgan fingerprint density at radius 1 is 1.73 bits per heavy atom. The highest BCUT2D eigenvalue weighted by molar-refractivity contribution is 7.13. The van der Waals surface area contributed by atoms with Crippen LogP contribution in [0.5, 0.6) is 0 Å². The number of ether oxygens (including phenoxy) is 1. The van der Waals surface area contributed by atoms with Gasteiger partial charge < -0.3 is 15.0 Å². The summed E-state index contributed by atoms with van der Waals surface area (Å²) >= 11 is 1.72. The highest BCUT2D eigenvalue weighted by Gasteiger charge is 2.21. The minimum absolute atomic E-state index is 0.437. The number of hydrogen-bond donors (Lipinski definition) is 1. The van der Waals surface area contributed by atoms with E-state index in [0.29, 0.717) is 6.04 Å². The van der Waals surface area contributed by atoms with Crippen LogP contribution in [0, 0.1) is 0 Å². The molecule has 1 aromatic heterocycles. The van der Waals surface area contributed by atoms with Crippen LogP contribution in [-0.2, 0) is 11.3 Å². The van der Waals surface area contributed by atoms with Gasteiger partial charge in [-0.15, -0.1) is 11.3 Å². The van der Waals surface area contributed by atoms with Crippen molar-refractivity contribution in [2.45, 2.75) is 19.5 Å². The SMILES string of the molecule is CNCc1csc(N2CCOCC2C)n1. The van der Waals surface area contributed by atoms with E-state index in [2.05, 4.69) is 27.5 Å². The second-order valence-corrected chi connectivity index (χ2v) is 4.61. The quantitative estimate of drug-likeness (QED) is 0.838. The van der Waals surface area contributed by atoms with Gasteiger partial charge in [-0.25, -0.2) is 4.98 Å². The second-order valence-electron chi connectivity index (χ2n) is 3.77. The molecule has 1 fully saturated rings. The lowest BCUT2D eigenvalue weighted by molar-refractivity contribution is 0.0989. The Bertz CT molecular complexity index is 315. The van der Waals surface area contributed by atoms with Gasteiger partial charge in [0.1, 0.15) is 0 Å². The van der Waals surface area contributed by atoms with E-state index in [4.69, 9.17) is 4.74 Å². The number of aromatic nitrogens is 1. The molecule has 2 heterocycles. The summed E-state index contributed by atoms with van der Waals surface area (Å²) in [6, 6.07) is 0.437. The van der Waals surface area contributed by atoms with Crippen molar-refractivity contribution in [2.24, 2.45) is 0 Å². The van der Waals surface area contributed by atoms with Gasteiger partial charge in [0.05, 0.1) is 24.9 Å². The van der Waals surface area contributed by atoms with E-state index >= 15 is 0 Å². The molecule has 1 aliphatic rings. The Balaban J connectivity index is 2.06. The van der Waals surface area contributed by atoms with Gasteiger partial charge in [0.15, 0.2) is 5.13 Å². The molecule has 0 amide bonds. The average Bonchev–Trinajstić information content (AvgIpc) is 2.68. The largest absolute Gasteiger partial charge is 0.377 e. The Morgan fingerprint density at radius 3 is 3.33 bits per heavy atom. The highest BCUT2D eigenvalue weighted by Crippen LogP contribution is 2.23. The van der Waals surface area contributed by atoms with Crippen molar-refractivity contribution >= 4 is 16.5 Å². The fourth-order valence-electron chi connectivity index (χ4n) is 1.70. The Kier molecular flexibility index (Phi) is 3.56. The second kappa shape index (κ2) is 4.92. The third-order valence-electron chi connectivity index (χ3n) is 2.51. The van der Waals surface area contributed by atoms with Crippen LogP contribution in [0.3, 0.4) is 0 Å². The van der Waals surface area contributed by atoms with Crippen LogP contribution in [0.2, 0.25) is 0 Å². The van der Waals surface area contributed by atoms with Crippen LogP contribution in [-0.4, -0.2) is 37.8 Å². The predicted molar refractivity (Wildman–Crippen MR) is 62.5 cm³/mol. The number of rotatable bonds is 3. The summed E-state index contributed by atoms with van der Waals surface area (Å²) in [4.78, 5) is 6.93. The monoisotopic (exact) mass is 227 g/mol. The van der Waals surface area contributed by atoms with E-state index in [0.717, 1.165) is 37.1 Å². The Morgan fingerprint density at radius 2 is 2.60 bits per heavy atom. The van der Waals surface area contributed by atoms with Crippen molar-refractivity contribution in [3.8, 4) is 0 Å². The molecule has 84 valence electrons. The third-order valence-corrected chi connectivity index (χ3v) is 3.44. The summed E-state index contributed by atoms with van der Waals surface area (Å²) in [6.45, 7) is 5.59. The zero-order valence-corrected chi connectivity index (χ0v) is 10.0. The molecule has 0 bridgehead atoms. The molecule has 15 heavy (non-hydrogen) atoms. The summed E-state index contributed by atoms with van der Waals surface area (Å²) in [5.74, 6) is 0. The fraction of sp³-hybridized carbons (Fsp3) is 0.700. The van der Waals surface area contributed by atoms with Crippen LogP contribution in [0.1, 0.15) is 12.6 Å². The van der Waals surface area contributed by atoms with Gasteiger partial charge in [-0.3, -0.25) is 0 Å². The molecule has 1 N–H and O–H groups in total. The molecule has 1 unspecified atom stereocenters. The molecule has 2 rings (SSSR count). The average molecular weight is 227 g/mol. The summed E-state index contributed by atoms with van der Waals surface area (Å²) in [6.07, 6.45) is 0. The van der Waals surface area contributed by atoms with Crippen molar-refractivity contribution in [1.82, 2.24) is 10.3 Å². The van der Waals surface area contributed by atoms with Crippen LogP contribution >= 0.6 is 11.3 Å². The highest BCUT2D eigenvalue weighted by atomic mass is 32.1. The molecule has 5 heteroatoms. The van der Waals surface area contributed by atoms with Gasteiger partial charge in [-0.05, 0) is 14.0 Å². The molecule has 0 spiro atoms. The Labute approximate surface area is 94.3 Å². The molecule has 0 aromatic carbocycles. The number of anilines is 1. The molecule has 1 atom stereocenters. The molecule has 1 aliphatic heterocycles. The lowest BCUT2D eigenvalue weighted by Crippen LogP contribution is -2.43. The predicted octanol–water partition coefficient (Wildman–Crippen LogP) is 1.09. The number of nitrogens with zero attached hydrogens (tertiary/aromatic N) is 2. The van der Waals surface area contributed by atoms with Gasteiger partial charge in [-0.2, -0.15) is 0 Å². The minimum atomic E-state index is 0.437. The summed E-state index contributed by atoms with van der Waals surface area (Å²) in [5, 5.41) is 6.35. The fourth-order valence-corrected chi connectivity index (χ4v) is 2.66. The van der Waals surface area contributed by atoms with Crippen LogP contribution < -0.4 is 10.2 Å². The van der Waals surface area contributed by atoms with Crippen molar-refractivity contribution in [1.29, 1.82) is 0 Å². The van der Waals surface area contributed by atoms with E-state index in [1.54, 1.807) is 11.3 Å². The molecular formula is C10H17N3OS. The third kappa shape index (κ3) is 2.48. The molecular weight excluding hydrogens is 210 g/mol. The van der Waals surface area contributed by atoms with Crippen molar-refractivity contribution in [2.75, 3.05) is 31.7 Å². The zero-order valence-electron chi connectivity index (χ0n) is 9.19. The first-order valence-corrected chi connectivity index (χ1v) is 6.12. The summed E-state index contributed by atoms with van der Waals surface area (Å²) in [7, 11) is 1.94. The molecule has 1 aromatic rings. The van der Waals surface area contributed by atoms with Gasteiger partial charge in [0, 0.05) is 18.5 Å². The first-order valence-electron chi connectivity index (χ1n) is 5.24. The Hall–Kier alpha value is -0.650. The van der Waals surface area contributed by atoms with Crippen molar-refractivity contribution in [3.63, 3.8) is 0 Å². The van der Waals surface area contributed by atoms with E-state index < -0.39 is 0 Å². The van der Waals surface area contributed by atoms with Crippen molar-refractivity contribution in [3.05, 3.63) is 11.1 Å². The van der Waals surface area contributed by atoms with Crippen molar-refractivity contribution < 1.29 is 4.74 Å². The number of morpholine rings is 1. The topological polar surface area (TPSA) is 37.4 Å². The van der Waals surface area contributed by atoms with E-state index in [9.17, 15) is 0 Å². The molecule has 0 aliphatic carbocycles. The number of hydrogen-bond acceptors (Lipinski definition) is 5. The van der Waals surface area contributed by atoms with Gasteiger partial charge in [0.25, 0.3) is 0 Å².